The van der Waals surface area contributed by atoms with Crippen molar-refractivity contribution in [3.8, 4) is 0 Å². The molecule has 0 spiro atoms. The topological polar surface area (TPSA) is 44.4 Å². The molecule has 104 valence electrons. The van der Waals surface area contributed by atoms with Crippen molar-refractivity contribution in [2.75, 3.05) is 37.4 Å². The fourth-order valence-corrected chi connectivity index (χ4v) is 2.27. The van der Waals surface area contributed by atoms with Gasteiger partial charge in [0.1, 0.15) is 0 Å². The van der Waals surface area contributed by atoms with Gasteiger partial charge in [-0.3, -0.25) is 4.79 Å². The average molecular weight is 326 g/mol. The number of hydrogen-bond acceptors (Lipinski definition) is 3. The Hall–Kier alpha value is -1.07. The van der Waals surface area contributed by atoms with Crippen LogP contribution in [0.2, 0.25) is 0 Å². The van der Waals surface area contributed by atoms with Crippen molar-refractivity contribution in [1.82, 2.24) is 5.32 Å². The maximum atomic E-state index is 11.9. The third-order valence-corrected chi connectivity index (χ3v) is 3.62. The number of carbonyl (C=O) groups excluding carboxylic acids is 1. The molecule has 1 amide bonds. The molecule has 1 aromatic carbocycles. The van der Waals surface area contributed by atoms with Crippen LogP contribution in [0.4, 0.5) is 11.4 Å². The van der Waals surface area contributed by atoms with Crippen LogP contribution in [0, 0.1) is 5.92 Å². The van der Waals surface area contributed by atoms with Gasteiger partial charge in [-0.25, -0.2) is 0 Å². The van der Waals surface area contributed by atoms with Crippen LogP contribution in [-0.4, -0.2) is 33.1 Å². The summed E-state index contributed by atoms with van der Waals surface area (Å²) < 4.78 is 0.958. The molecule has 0 heterocycles. The highest BCUT2D eigenvalue weighted by Gasteiger charge is 2.20. The zero-order valence-corrected chi connectivity index (χ0v) is 13.0. The van der Waals surface area contributed by atoms with Crippen LogP contribution in [0.15, 0.2) is 22.7 Å². The molecule has 0 aliphatic heterocycles. The fourth-order valence-electron chi connectivity index (χ4n) is 1.90. The minimum absolute atomic E-state index is 0.00171. The van der Waals surface area contributed by atoms with E-state index in [1.54, 1.807) is 0 Å². The van der Waals surface area contributed by atoms with Gasteiger partial charge in [-0.2, -0.15) is 0 Å². The smallest absolute Gasteiger partial charge is 0.238 e. The molecule has 4 nitrogen and oxygen atoms in total. The fraction of sp³-hybridized carbons (Fsp3) is 0.500. The lowest BCUT2D eigenvalue weighted by atomic mass is 10.2. The van der Waals surface area contributed by atoms with E-state index >= 15 is 0 Å². The predicted molar refractivity (Wildman–Crippen MR) is 82.7 cm³/mol. The summed E-state index contributed by atoms with van der Waals surface area (Å²) in [7, 11) is 3.93. The van der Waals surface area contributed by atoms with Crippen molar-refractivity contribution < 1.29 is 4.79 Å². The molecule has 0 aromatic heterocycles. The van der Waals surface area contributed by atoms with Crippen LogP contribution in [0.3, 0.4) is 0 Å². The Morgan fingerprint density at radius 2 is 2.16 bits per heavy atom. The number of halogens is 1. The van der Waals surface area contributed by atoms with Crippen LogP contribution in [-0.2, 0) is 4.79 Å². The Bertz CT molecular complexity index is 458. The van der Waals surface area contributed by atoms with Crippen molar-refractivity contribution in [3.05, 3.63) is 22.7 Å². The molecule has 1 aliphatic carbocycles. The van der Waals surface area contributed by atoms with Gasteiger partial charge in [-0.05, 0) is 43.5 Å². The highest BCUT2D eigenvalue weighted by atomic mass is 79.9. The molecular weight excluding hydrogens is 306 g/mol. The number of anilines is 2. The molecular formula is C14H20BrN3O. The van der Waals surface area contributed by atoms with Gasteiger partial charge < -0.3 is 15.5 Å². The van der Waals surface area contributed by atoms with E-state index in [0.29, 0.717) is 6.54 Å². The predicted octanol–water partition coefficient (Wildman–Crippen LogP) is 2.45. The molecule has 0 unspecified atom stereocenters. The second kappa shape index (κ2) is 6.39. The minimum Gasteiger partial charge on any atom is -0.376 e. The summed E-state index contributed by atoms with van der Waals surface area (Å²) in [5.74, 6) is 0.790. The molecule has 0 radical (unpaired) electrons. The van der Waals surface area contributed by atoms with Crippen LogP contribution in [0.1, 0.15) is 12.8 Å². The Kier molecular flexibility index (Phi) is 4.82. The first-order valence-corrected chi connectivity index (χ1v) is 7.33. The molecule has 1 aliphatic rings. The molecule has 1 fully saturated rings. The van der Waals surface area contributed by atoms with Crippen LogP contribution in [0.5, 0.6) is 0 Å². The molecule has 0 saturated heterocycles. The van der Waals surface area contributed by atoms with Crippen LogP contribution >= 0.6 is 15.9 Å². The monoisotopic (exact) mass is 325 g/mol. The van der Waals surface area contributed by atoms with Gasteiger partial charge in [0, 0.05) is 18.6 Å². The SMILES string of the molecule is CN(C)c1ccc(Br)cc1NC(=O)CNCC1CC1. The molecule has 0 atom stereocenters. The van der Waals surface area contributed by atoms with E-state index in [0.717, 1.165) is 28.3 Å². The summed E-state index contributed by atoms with van der Waals surface area (Å²) in [5.41, 5.74) is 1.83. The van der Waals surface area contributed by atoms with Crippen molar-refractivity contribution in [3.63, 3.8) is 0 Å². The van der Waals surface area contributed by atoms with E-state index in [-0.39, 0.29) is 5.91 Å². The third kappa shape index (κ3) is 4.51. The van der Waals surface area contributed by atoms with E-state index in [4.69, 9.17) is 0 Å². The lowest BCUT2D eigenvalue weighted by Crippen LogP contribution is -2.30. The van der Waals surface area contributed by atoms with E-state index < -0.39 is 0 Å². The molecule has 5 heteroatoms. The van der Waals surface area contributed by atoms with Crippen molar-refractivity contribution in [1.29, 1.82) is 0 Å². The van der Waals surface area contributed by atoms with Gasteiger partial charge in [0.2, 0.25) is 5.91 Å². The Morgan fingerprint density at radius 1 is 1.42 bits per heavy atom. The number of carbonyl (C=O) groups is 1. The number of rotatable bonds is 6. The van der Waals surface area contributed by atoms with Gasteiger partial charge in [0.05, 0.1) is 17.9 Å². The number of nitrogens with one attached hydrogen (secondary N) is 2. The van der Waals surface area contributed by atoms with Gasteiger partial charge >= 0.3 is 0 Å². The Labute approximate surface area is 122 Å². The first kappa shape index (κ1) is 14.3. The standard InChI is InChI=1S/C14H20BrN3O/c1-18(2)13-6-5-11(15)7-12(13)17-14(19)9-16-8-10-3-4-10/h5-7,10,16H,3-4,8-9H2,1-2H3,(H,17,19). The molecule has 19 heavy (non-hydrogen) atoms. The first-order chi connectivity index (χ1) is 9.06. The number of nitrogens with zero attached hydrogens (tertiary/aromatic N) is 1. The summed E-state index contributed by atoms with van der Waals surface area (Å²) in [6, 6.07) is 5.88. The van der Waals surface area contributed by atoms with Crippen molar-refractivity contribution in [2.24, 2.45) is 5.92 Å². The van der Waals surface area contributed by atoms with Gasteiger partial charge in [0.25, 0.3) is 0 Å². The van der Waals surface area contributed by atoms with E-state index in [1.807, 2.05) is 37.2 Å². The summed E-state index contributed by atoms with van der Waals surface area (Å²) in [5, 5.41) is 6.15. The lowest BCUT2D eigenvalue weighted by molar-refractivity contribution is -0.115. The average Bonchev–Trinajstić information content (AvgIpc) is 3.12. The van der Waals surface area contributed by atoms with Gasteiger partial charge in [0.15, 0.2) is 0 Å². The molecule has 1 aromatic rings. The van der Waals surface area contributed by atoms with E-state index in [1.165, 1.54) is 12.8 Å². The number of hydrogen-bond donors (Lipinski definition) is 2. The second-order valence-corrected chi connectivity index (χ2v) is 6.09. The van der Waals surface area contributed by atoms with Crippen molar-refractivity contribution >= 4 is 33.2 Å². The quantitative estimate of drug-likeness (QED) is 0.844. The lowest BCUT2D eigenvalue weighted by Gasteiger charge is -2.18. The third-order valence-electron chi connectivity index (χ3n) is 3.13. The maximum Gasteiger partial charge on any atom is 0.238 e. The van der Waals surface area contributed by atoms with Crippen LogP contribution in [0.25, 0.3) is 0 Å². The second-order valence-electron chi connectivity index (χ2n) is 5.18. The van der Waals surface area contributed by atoms with Gasteiger partial charge in [-0.15, -0.1) is 0 Å². The zero-order chi connectivity index (χ0) is 13.8. The molecule has 2 rings (SSSR count). The van der Waals surface area contributed by atoms with E-state index in [9.17, 15) is 4.79 Å². The largest absolute Gasteiger partial charge is 0.376 e. The molecule has 0 bridgehead atoms. The first-order valence-electron chi connectivity index (χ1n) is 6.53. The Morgan fingerprint density at radius 3 is 2.79 bits per heavy atom. The summed E-state index contributed by atoms with van der Waals surface area (Å²) in [6.07, 6.45) is 2.59. The van der Waals surface area contributed by atoms with E-state index in [2.05, 4.69) is 26.6 Å². The zero-order valence-electron chi connectivity index (χ0n) is 11.4. The Balaban J connectivity index is 1.92. The van der Waals surface area contributed by atoms with Gasteiger partial charge in [-0.1, -0.05) is 15.9 Å². The maximum absolute atomic E-state index is 11.9. The molecule has 1 saturated carbocycles. The minimum atomic E-state index is 0.00171. The summed E-state index contributed by atoms with van der Waals surface area (Å²) >= 11 is 3.43. The summed E-state index contributed by atoms with van der Waals surface area (Å²) in [6.45, 7) is 1.32. The van der Waals surface area contributed by atoms with Crippen molar-refractivity contribution in [2.45, 2.75) is 12.8 Å². The normalized spacial score (nSPS) is 14.3. The van der Waals surface area contributed by atoms with Crippen LogP contribution < -0.4 is 15.5 Å². The highest BCUT2D eigenvalue weighted by molar-refractivity contribution is 9.10. The summed E-state index contributed by atoms with van der Waals surface area (Å²) in [4.78, 5) is 13.9. The number of amides is 1. The highest BCUT2D eigenvalue weighted by Crippen LogP contribution is 2.28. The number of benzene rings is 1. The molecule has 2 N–H and O–H groups in total.